The van der Waals surface area contributed by atoms with Crippen LogP contribution in [-0.2, 0) is 23.1 Å². The SMILES string of the molecule is Cn1cc(CN2CC[C@@H]3OCC[C@H](C(=O)Nc4cnccn4)[C@H]3C2)cn1. The average molecular weight is 356 g/mol. The van der Waals surface area contributed by atoms with Crippen LogP contribution in [0.3, 0.4) is 0 Å². The van der Waals surface area contributed by atoms with Gasteiger partial charge in [-0.15, -0.1) is 0 Å². The lowest BCUT2D eigenvalue weighted by atomic mass is 9.79. The number of anilines is 1. The van der Waals surface area contributed by atoms with Crippen LogP contribution in [0.5, 0.6) is 0 Å². The zero-order valence-corrected chi connectivity index (χ0v) is 14.9. The molecule has 4 rings (SSSR count). The minimum absolute atomic E-state index is 0.0204. The normalized spacial score (nSPS) is 26.3. The molecule has 8 heteroatoms. The monoisotopic (exact) mass is 356 g/mol. The molecule has 138 valence electrons. The maximum atomic E-state index is 12.8. The van der Waals surface area contributed by atoms with E-state index < -0.39 is 0 Å². The topological polar surface area (TPSA) is 85.2 Å². The number of amides is 1. The first-order valence-corrected chi connectivity index (χ1v) is 9.07. The smallest absolute Gasteiger partial charge is 0.229 e. The number of piperidine rings is 1. The van der Waals surface area contributed by atoms with Crippen molar-refractivity contribution in [2.24, 2.45) is 18.9 Å². The van der Waals surface area contributed by atoms with Crippen LogP contribution in [0.2, 0.25) is 0 Å². The maximum Gasteiger partial charge on any atom is 0.229 e. The Morgan fingerprint density at radius 1 is 1.35 bits per heavy atom. The number of carbonyl (C=O) groups excluding carboxylic acids is 1. The van der Waals surface area contributed by atoms with Gasteiger partial charge in [0.15, 0.2) is 5.82 Å². The van der Waals surface area contributed by atoms with E-state index >= 15 is 0 Å². The predicted octanol–water partition coefficient (Wildman–Crippen LogP) is 1.08. The number of likely N-dealkylation sites (tertiary alicyclic amines) is 1. The molecular weight excluding hydrogens is 332 g/mol. The Kier molecular flexibility index (Phi) is 4.94. The molecule has 1 N–H and O–H groups in total. The van der Waals surface area contributed by atoms with Crippen molar-refractivity contribution in [2.45, 2.75) is 25.5 Å². The molecule has 0 unspecified atom stereocenters. The Labute approximate surface area is 152 Å². The third-order valence-electron chi connectivity index (χ3n) is 5.27. The number of hydrogen-bond acceptors (Lipinski definition) is 6. The zero-order chi connectivity index (χ0) is 17.9. The van der Waals surface area contributed by atoms with E-state index in [2.05, 4.69) is 25.3 Å². The number of hydrogen-bond donors (Lipinski definition) is 1. The minimum Gasteiger partial charge on any atom is -0.378 e. The van der Waals surface area contributed by atoms with E-state index in [4.69, 9.17) is 4.74 Å². The quantitative estimate of drug-likeness (QED) is 0.882. The second-order valence-corrected chi connectivity index (χ2v) is 7.09. The summed E-state index contributed by atoms with van der Waals surface area (Å²) in [5.74, 6) is 0.661. The molecule has 0 radical (unpaired) electrons. The summed E-state index contributed by atoms with van der Waals surface area (Å²) in [5, 5.41) is 7.15. The van der Waals surface area contributed by atoms with Gasteiger partial charge in [0.2, 0.25) is 5.91 Å². The van der Waals surface area contributed by atoms with Crippen LogP contribution in [0.1, 0.15) is 18.4 Å². The molecule has 2 aliphatic rings. The van der Waals surface area contributed by atoms with Gasteiger partial charge in [-0.3, -0.25) is 19.4 Å². The summed E-state index contributed by atoms with van der Waals surface area (Å²) >= 11 is 0. The van der Waals surface area contributed by atoms with E-state index in [0.717, 1.165) is 32.5 Å². The van der Waals surface area contributed by atoms with E-state index in [-0.39, 0.29) is 23.8 Å². The third kappa shape index (κ3) is 3.76. The van der Waals surface area contributed by atoms with E-state index in [9.17, 15) is 4.79 Å². The lowest BCUT2D eigenvalue weighted by molar-refractivity contribution is -0.137. The second kappa shape index (κ2) is 7.51. The predicted molar refractivity (Wildman–Crippen MR) is 95.1 cm³/mol. The van der Waals surface area contributed by atoms with E-state index in [1.807, 2.05) is 24.1 Å². The van der Waals surface area contributed by atoms with Crippen LogP contribution in [0.25, 0.3) is 0 Å². The van der Waals surface area contributed by atoms with Crippen LogP contribution in [0.15, 0.2) is 31.0 Å². The van der Waals surface area contributed by atoms with E-state index in [1.54, 1.807) is 18.6 Å². The van der Waals surface area contributed by atoms with Crippen molar-refractivity contribution in [3.8, 4) is 0 Å². The molecule has 0 aromatic carbocycles. The highest BCUT2D eigenvalue weighted by Crippen LogP contribution is 2.34. The molecule has 3 atom stereocenters. The first kappa shape index (κ1) is 17.1. The van der Waals surface area contributed by atoms with Gasteiger partial charge in [-0.2, -0.15) is 5.10 Å². The van der Waals surface area contributed by atoms with E-state index in [0.29, 0.717) is 12.4 Å². The van der Waals surface area contributed by atoms with Crippen LogP contribution >= 0.6 is 0 Å². The molecule has 2 fully saturated rings. The van der Waals surface area contributed by atoms with Crippen molar-refractivity contribution in [3.63, 3.8) is 0 Å². The van der Waals surface area contributed by atoms with Crippen molar-refractivity contribution in [2.75, 3.05) is 25.0 Å². The Bertz CT molecular complexity index is 749. The Hall–Kier alpha value is -2.32. The van der Waals surface area contributed by atoms with Gasteiger partial charge in [0, 0.05) is 69.3 Å². The fourth-order valence-electron chi connectivity index (χ4n) is 4.05. The number of aromatic nitrogens is 4. The summed E-state index contributed by atoms with van der Waals surface area (Å²) in [7, 11) is 1.93. The number of nitrogens with zero attached hydrogens (tertiary/aromatic N) is 5. The molecule has 0 spiro atoms. The summed E-state index contributed by atoms with van der Waals surface area (Å²) < 4.78 is 7.79. The first-order chi connectivity index (χ1) is 12.7. The van der Waals surface area contributed by atoms with Gasteiger partial charge in [0.25, 0.3) is 0 Å². The molecule has 8 nitrogen and oxygen atoms in total. The lowest BCUT2D eigenvalue weighted by Crippen LogP contribution is -2.52. The van der Waals surface area contributed by atoms with Gasteiger partial charge in [0.1, 0.15) is 0 Å². The number of aryl methyl sites for hydroxylation is 1. The third-order valence-corrected chi connectivity index (χ3v) is 5.27. The summed E-state index contributed by atoms with van der Waals surface area (Å²) in [5.41, 5.74) is 1.20. The van der Waals surface area contributed by atoms with Gasteiger partial charge < -0.3 is 10.1 Å². The maximum absolute atomic E-state index is 12.8. The Morgan fingerprint density at radius 3 is 3.04 bits per heavy atom. The number of rotatable bonds is 4. The molecule has 26 heavy (non-hydrogen) atoms. The average Bonchev–Trinajstić information content (AvgIpc) is 3.06. The van der Waals surface area contributed by atoms with Crippen molar-refractivity contribution in [1.82, 2.24) is 24.6 Å². The van der Waals surface area contributed by atoms with Crippen LogP contribution in [0, 0.1) is 11.8 Å². The van der Waals surface area contributed by atoms with Gasteiger partial charge in [0.05, 0.1) is 18.5 Å². The fourth-order valence-corrected chi connectivity index (χ4v) is 4.05. The van der Waals surface area contributed by atoms with Crippen LogP contribution in [0.4, 0.5) is 5.82 Å². The van der Waals surface area contributed by atoms with E-state index in [1.165, 1.54) is 5.56 Å². The Balaban J connectivity index is 1.43. The van der Waals surface area contributed by atoms with Crippen molar-refractivity contribution >= 4 is 11.7 Å². The lowest BCUT2D eigenvalue weighted by Gasteiger charge is -2.44. The molecule has 2 aliphatic heterocycles. The summed E-state index contributed by atoms with van der Waals surface area (Å²) in [6.45, 7) is 3.34. The zero-order valence-electron chi connectivity index (χ0n) is 14.9. The Morgan fingerprint density at radius 2 is 2.27 bits per heavy atom. The van der Waals surface area contributed by atoms with Gasteiger partial charge >= 0.3 is 0 Å². The minimum atomic E-state index is -0.0625. The van der Waals surface area contributed by atoms with Crippen molar-refractivity contribution in [3.05, 3.63) is 36.5 Å². The highest BCUT2D eigenvalue weighted by molar-refractivity contribution is 5.91. The molecule has 0 aliphatic carbocycles. The molecular formula is C18H24N6O2. The highest BCUT2D eigenvalue weighted by atomic mass is 16.5. The number of carbonyl (C=O) groups is 1. The summed E-state index contributed by atoms with van der Waals surface area (Å²) in [6.07, 6.45) is 10.6. The molecule has 4 heterocycles. The molecule has 1 amide bonds. The fraction of sp³-hybridized carbons (Fsp3) is 0.556. The summed E-state index contributed by atoms with van der Waals surface area (Å²) in [6, 6.07) is 0. The number of nitrogens with one attached hydrogen (secondary N) is 1. The van der Waals surface area contributed by atoms with Crippen LogP contribution in [-0.4, -0.2) is 56.4 Å². The molecule has 0 saturated carbocycles. The standard InChI is InChI=1S/C18H24N6O2/c1-23-10-13(8-21-23)11-24-6-2-16-15(12-24)14(3-7-26-16)18(25)22-17-9-19-4-5-20-17/h4-5,8-10,14-16H,2-3,6-7,11-12H2,1H3,(H,20,22,25)/t14-,15+,16-/m0/s1. The molecule has 2 saturated heterocycles. The largest absolute Gasteiger partial charge is 0.378 e. The molecule has 2 aromatic rings. The van der Waals surface area contributed by atoms with Gasteiger partial charge in [-0.1, -0.05) is 0 Å². The van der Waals surface area contributed by atoms with Crippen molar-refractivity contribution in [1.29, 1.82) is 0 Å². The van der Waals surface area contributed by atoms with Gasteiger partial charge in [-0.05, 0) is 12.8 Å². The van der Waals surface area contributed by atoms with Gasteiger partial charge in [-0.25, -0.2) is 4.98 Å². The molecule has 2 aromatic heterocycles. The van der Waals surface area contributed by atoms with Crippen LogP contribution < -0.4 is 5.32 Å². The van der Waals surface area contributed by atoms with Crippen molar-refractivity contribution < 1.29 is 9.53 Å². The highest BCUT2D eigenvalue weighted by Gasteiger charge is 2.41. The number of fused-ring (bicyclic) bond motifs is 1. The molecule has 0 bridgehead atoms. The second-order valence-electron chi connectivity index (χ2n) is 7.09. The summed E-state index contributed by atoms with van der Waals surface area (Å²) in [4.78, 5) is 23.4. The first-order valence-electron chi connectivity index (χ1n) is 9.07. The number of ether oxygens (including phenoxy) is 1.